The van der Waals surface area contributed by atoms with E-state index in [0.717, 1.165) is 0 Å². The van der Waals surface area contributed by atoms with Gasteiger partial charge in [0.15, 0.2) is 0 Å². The summed E-state index contributed by atoms with van der Waals surface area (Å²) in [5, 5.41) is -0.00772. The summed E-state index contributed by atoms with van der Waals surface area (Å²) in [7, 11) is 0. The second-order valence-corrected chi connectivity index (χ2v) is 1.01. The first-order chi connectivity index (χ1) is 2.27. The molecule has 0 aliphatic rings. The van der Waals surface area contributed by atoms with E-state index in [2.05, 4.69) is 22.7 Å². The normalized spacial score (nSPS) is 6.80. The van der Waals surface area contributed by atoms with Crippen LogP contribution in [0.5, 0.6) is 0 Å². The Hall–Kier alpha value is 0.120. The molecule has 0 fully saturated rings. The van der Waals surface area contributed by atoms with E-state index in [9.17, 15) is 0 Å². The molecule has 0 heterocycles. The first-order valence-corrected chi connectivity index (χ1v) is 1.59. The fraction of sp³-hybridized carbons (Fsp3) is 0. The molecule has 0 aliphatic carbocycles. The van der Waals surface area contributed by atoms with E-state index in [1.54, 1.807) is 0 Å². The monoisotopic (exact) mass is 112 g/mol. The van der Waals surface area contributed by atoms with Crippen molar-refractivity contribution in [2.75, 3.05) is 0 Å². The summed E-state index contributed by atoms with van der Waals surface area (Å²) in [4.78, 5) is 0. The van der Waals surface area contributed by atoms with Crippen molar-refractivity contribution in [1.82, 2.24) is 0 Å². The molecule has 0 aliphatic heterocycles. The van der Waals surface area contributed by atoms with Gasteiger partial charge in [0.05, 0.1) is 0 Å². The highest BCUT2D eigenvalue weighted by molar-refractivity contribution is 6.30. The Labute approximate surface area is 40.3 Å². The highest BCUT2D eigenvalue weighted by Gasteiger charge is 1.73. The van der Waals surface area contributed by atoms with Gasteiger partial charge in [-0.15, -0.1) is 0 Å². The van der Waals surface area contributed by atoms with E-state index in [1.165, 1.54) is 0 Å². The lowest BCUT2D eigenvalue weighted by Crippen LogP contribution is -1.55. The summed E-state index contributed by atoms with van der Waals surface area (Å²) in [6, 6.07) is 0. The summed E-state index contributed by atoms with van der Waals surface area (Å²) in [5.41, 5.74) is 0. The molecule has 5 heavy (non-hydrogen) atoms. The van der Waals surface area contributed by atoms with Crippen LogP contribution < -0.4 is 0 Å². The van der Waals surface area contributed by atoms with Gasteiger partial charge in [0, 0.05) is 0 Å². The lowest BCUT2D eigenvalue weighted by Gasteiger charge is -1.78. The van der Waals surface area contributed by atoms with Gasteiger partial charge in [-0.05, 0) is 18.2 Å². The van der Waals surface area contributed by atoms with Crippen molar-refractivity contribution < 1.29 is 4.29 Å². The Bertz CT molecular complexity index is 42.9. The van der Waals surface area contributed by atoms with Gasteiger partial charge in [0.2, 0.25) is 5.22 Å². The van der Waals surface area contributed by atoms with Crippen LogP contribution in [0.15, 0.2) is 11.8 Å². The molecule has 0 N–H and O–H groups in total. The molecule has 0 bridgehead atoms. The first-order valence-electron chi connectivity index (χ1n) is 0.901. The van der Waals surface area contributed by atoms with Crippen LogP contribution in [-0.4, -0.2) is 0 Å². The third-order valence-electron chi connectivity index (χ3n) is 0.0837. The second-order valence-electron chi connectivity index (χ2n) is 0.432. The van der Waals surface area contributed by atoms with E-state index in [0.29, 0.717) is 0 Å². The molecule has 0 amide bonds. The highest BCUT2D eigenvalue weighted by Crippen LogP contribution is 1.99. The smallest absolute Gasteiger partial charge is 0.205 e. The van der Waals surface area contributed by atoms with Crippen LogP contribution in [0.3, 0.4) is 0 Å². The molecule has 0 aromatic carbocycles. The topological polar surface area (TPSA) is 9.23 Å². The molecule has 0 aromatic heterocycles. The van der Waals surface area contributed by atoms with Gasteiger partial charge < -0.3 is 4.29 Å². The van der Waals surface area contributed by atoms with Crippen LogP contribution in [0, 0.1) is 0 Å². The Morgan fingerprint density at radius 1 is 1.80 bits per heavy atom. The van der Waals surface area contributed by atoms with E-state index in [-0.39, 0.29) is 5.22 Å². The molecule has 30 valence electrons. The number of rotatable bonds is 1. The maximum Gasteiger partial charge on any atom is 0.205 e. The fourth-order valence-electron chi connectivity index (χ4n) is 0. The standard InChI is InChI=1S/C2H2Cl2O/c1-2(3)5-4/h1H2. The zero-order chi connectivity index (χ0) is 4.28. The first kappa shape index (κ1) is 5.12. The van der Waals surface area contributed by atoms with Gasteiger partial charge in [0.1, 0.15) is 11.9 Å². The van der Waals surface area contributed by atoms with Gasteiger partial charge in [-0.2, -0.15) is 0 Å². The molecule has 0 aromatic rings. The van der Waals surface area contributed by atoms with Crippen molar-refractivity contribution in [3.63, 3.8) is 0 Å². The van der Waals surface area contributed by atoms with Gasteiger partial charge in [-0.1, -0.05) is 0 Å². The molecule has 3 heteroatoms. The average molecular weight is 113 g/mol. The third kappa shape index (κ3) is 4.12. The number of halogens is 2. The van der Waals surface area contributed by atoms with Crippen LogP contribution in [0.2, 0.25) is 0 Å². The Kier molecular flexibility index (Phi) is 2.42. The summed E-state index contributed by atoms with van der Waals surface area (Å²) in [6.45, 7) is 3.08. The molecule has 0 unspecified atom stereocenters. The van der Waals surface area contributed by atoms with Crippen LogP contribution in [-0.2, 0) is 4.29 Å². The minimum Gasteiger partial charge on any atom is -0.374 e. The van der Waals surface area contributed by atoms with Gasteiger partial charge >= 0.3 is 0 Å². The molecule has 0 radical (unpaired) electrons. The number of hydrogen-bond acceptors (Lipinski definition) is 1. The van der Waals surface area contributed by atoms with Crippen molar-refractivity contribution in [2.45, 2.75) is 0 Å². The quantitative estimate of drug-likeness (QED) is 0.471. The van der Waals surface area contributed by atoms with Crippen molar-refractivity contribution in [3.05, 3.63) is 11.8 Å². The molecule has 0 spiro atoms. The summed E-state index contributed by atoms with van der Waals surface area (Å²) >= 11 is 9.52. The Morgan fingerprint density at radius 2 is 2.00 bits per heavy atom. The molecule has 0 rings (SSSR count). The van der Waals surface area contributed by atoms with E-state index < -0.39 is 0 Å². The van der Waals surface area contributed by atoms with E-state index in [1.807, 2.05) is 0 Å². The van der Waals surface area contributed by atoms with Crippen molar-refractivity contribution >= 4 is 23.5 Å². The van der Waals surface area contributed by atoms with Gasteiger partial charge in [-0.25, -0.2) is 0 Å². The molecular weight excluding hydrogens is 111 g/mol. The van der Waals surface area contributed by atoms with Crippen molar-refractivity contribution in [2.24, 2.45) is 0 Å². The fourth-order valence-corrected chi connectivity index (χ4v) is 0. The van der Waals surface area contributed by atoms with Gasteiger partial charge in [-0.3, -0.25) is 0 Å². The van der Waals surface area contributed by atoms with Crippen molar-refractivity contribution in [1.29, 1.82) is 0 Å². The molecular formula is C2H2Cl2O. The Balaban J connectivity index is 2.85. The highest BCUT2D eigenvalue weighted by atomic mass is 35.5. The lowest BCUT2D eigenvalue weighted by molar-refractivity contribution is 0.519. The summed E-state index contributed by atoms with van der Waals surface area (Å²) < 4.78 is 3.79. The molecule has 1 nitrogen and oxygen atoms in total. The van der Waals surface area contributed by atoms with Crippen LogP contribution in [0.4, 0.5) is 0 Å². The number of hydrogen-bond donors (Lipinski definition) is 0. The van der Waals surface area contributed by atoms with Crippen LogP contribution in [0.25, 0.3) is 0 Å². The van der Waals surface area contributed by atoms with E-state index >= 15 is 0 Å². The Morgan fingerprint density at radius 3 is 2.00 bits per heavy atom. The van der Waals surface area contributed by atoms with Crippen LogP contribution in [0.1, 0.15) is 0 Å². The predicted octanol–water partition coefficient (Wildman–Crippen LogP) is 1.87. The predicted molar refractivity (Wildman–Crippen MR) is 21.9 cm³/mol. The zero-order valence-electron chi connectivity index (χ0n) is 2.37. The molecule has 0 saturated carbocycles. The second kappa shape index (κ2) is 2.36. The minimum atomic E-state index is -0.00772. The van der Waals surface area contributed by atoms with Crippen LogP contribution >= 0.6 is 23.5 Å². The summed E-state index contributed by atoms with van der Waals surface area (Å²) in [6.07, 6.45) is 0. The largest absolute Gasteiger partial charge is 0.374 e. The third-order valence-corrected chi connectivity index (χ3v) is 0.426. The summed E-state index contributed by atoms with van der Waals surface area (Å²) in [5.74, 6) is 0. The SMILES string of the molecule is C=C(Cl)OCl. The lowest BCUT2D eigenvalue weighted by atomic mass is 11.2. The maximum absolute atomic E-state index is 4.91. The average Bonchev–Trinajstić information content (AvgIpc) is 1.38. The van der Waals surface area contributed by atoms with E-state index in [4.69, 9.17) is 11.6 Å². The maximum atomic E-state index is 4.91. The molecule has 0 saturated heterocycles. The minimum absolute atomic E-state index is 0.00772. The zero-order valence-corrected chi connectivity index (χ0v) is 3.88. The van der Waals surface area contributed by atoms with Crippen molar-refractivity contribution in [3.8, 4) is 0 Å². The molecule has 0 atom stereocenters. The van der Waals surface area contributed by atoms with Gasteiger partial charge in [0.25, 0.3) is 0 Å².